The molecule has 0 aromatic heterocycles. The SMILES string of the molecule is CC1CCC(C(O)CSc2ccccc2Cl)C1. The highest BCUT2D eigenvalue weighted by Gasteiger charge is 2.27. The third-order valence-corrected chi connectivity index (χ3v) is 5.14. The molecule has 17 heavy (non-hydrogen) atoms. The smallest absolute Gasteiger partial charge is 0.0662 e. The molecule has 1 aromatic rings. The normalized spacial score (nSPS) is 26.1. The fourth-order valence-electron chi connectivity index (χ4n) is 2.47. The third-order valence-electron chi connectivity index (χ3n) is 3.53. The lowest BCUT2D eigenvalue weighted by molar-refractivity contribution is 0.131. The van der Waals surface area contributed by atoms with E-state index in [4.69, 9.17) is 11.6 Å². The van der Waals surface area contributed by atoms with Crippen LogP contribution in [-0.2, 0) is 0 Å². The summed E-state index contributed by atoms with van der Waals surface area (Å²) in [6.07, 6.45) is 3.41. The van der Waals surface area contributed by atoms with Gasteiger partial charge >= 0.3 is 0 Å². The van der Waals surface area contributed by atoms with Crippen molar-refractivity contribution in [2.45, 2.75) is 37.2 Å². The molecule has 1 aromatic carbocycles. The molecule has 0 aliphatic heterocycles. The predicted octanol–water partition coefficient (Wildman–Crippen LogP) is 4.23. The van der Waals surface area contributed by atoms with E-state index in [9.17, 15) is 5.11 Å². The summed E-state index contributed by atoms with van der Waals surface area (Å²) in [6, 6.07) is 7.82. The van der Waals surface area contributed by atoms with Crippen LogP contribution < -0.4 is 0 Å². The Balaban J connectivity index is 1.84. The Morgan fingerprint density at radius 3 is 2.82 bits per heavy atom. The largest absolute Gasteiger partial charge is 0.392 e. The van der Waals surface area contributed by atoms with Gasteiger partial charge in [0.15, 0.2) is 0 Å². The van der Waals surface area contributed by atoms with E-state index in [0.29, 0.717) is 5.92 Å². The Bertz CT molecular complexity index is 369. The maximum atomic E-state index is 10.2. The molecule has 94 valence electrons. The van der Waals surface area contributed by atoms with E-state index in [0.717, 1.165) is 21.6 Å². The first-order valence-corrected chi connectivity index (χ1v) is 7.58. The van der Waals surface area contributed by atoms with Crippen LogP contribution in [0.5, 0.6) is 0 Å². The summed E-state index contributed by atoms with van der Waals surface area (Å²) in [4.78, 5) is 1.07. The van der Waals surface area contributed by atoms with Crippen LogP contribution in [0.25, 0.3) is 0 Å². The van der Waals surface area contributed by atoms with E-state index in [1.807, 2.05) is 24.3 Å². The summed E-state index contributed by atoms with van der Waals surface area (Å²) < 4.78 is 0. The van der Waals surface area contributed by atoms with Crippen LogP contribution in [0.1, 0.15) is 26.2 Å². The van der Waals surface area contributed by atoms with Gasteiger partial charge in [0, 0.05) is 10.6 Å². The number of benzene rings is 1. The molecular formula is C14H19ClOS. The minimum absolute atomic E-state index is 0.193. The lowest BCUT2D eigenvalue weighted by atomic mass is 10.0. The number of rotatable bonds is 4. The molecule has 2 rings (SSSR count). The fraction of sp³-hybridized carbons (Fsp3) is 0.571. The standard InChI is InChI=1S/C14H19ClOS/c1-10-6-7-11(8-10)13(16)9-17-14-5-3-2-4-12(14)15/h2-5,10-11,13,16H,6-9H2,1H3. The first-order valence-electron chi connectivity index (χ1n) is 6.22. The van der Waals surface area contributed by atoms with Crippen LogP contribution in [0.2, 0.25) is 5.02 Å². The van der Waals surface area contributed by atoms with Gasteiger partial charge in [0.25, 0.3) is 0 Å². The van der Waals surface area contributed by atoms with Gasteiger partial charge in [-0.2, -0.15) is 0 Å². The summed E-state index contributed by atoms with van der Waals surface area (Å²) in [5, 5.41) is 10.9. The van der Waals surface area contributed by atoms with Crippen LogP contribution >= 0.6 is 23.4 Å². The average Bonchev–Trinajstić information content (AvgIpc) is 2.74. The lowest BCUT2D eigenvalue weighted by Gasteiger charge is -2.17. The number of thioether (sulfide) groups is 1. The van der Waals surface area contributed by atoms with Gasteiger partial charge in [0.2, 0.25) is 0 Å². The molecular weight excluding hydrogens is 252 g/mol. The van der Waals surface area contributed by atoms with Crippen molar-refractivity contribution < 1.29 is 5.11 Å². The van der Waals surface area contributed by atoms with Crippen LogP contribution in [0.4, 0.5) is 0 Å². The van der Waals surface area contributed by atoms with Crippen molar-refractivity contribution in [1.82, 2.24) is 0 Å². The second kappa shape index (κ2) is 6.12. The molecule has 1 N–H and O–H groups in total. The van der Waals surface area contributed by atoms with E-state index >= 15 is 0 Å². The molecule has 0 bridgehead atoms. The topological polar surface area (TPSA) is 20.2 Å². The van der Waals surface area contributed by atoms with Crippen LogP contribution in [0.3, 0.4) is 0 Å². The molecule has 1 aliphatic rings. The van der Waals surface area contributed by atoms with Gasteiger partial charge in [0.1, 0.15) is 0 Å². The highest BCUT2D eigenvalue weighted by atomic mass is 35.5. The zero-order valence-corrected chi connectivity index (χ0v) is 11.7. The Morgan fingerprint density at radius 1 is 1.41 bits per heavy atom. The summed E-state index contributed by atoms with van der Waals surface area (Å²) in [5.74, 6) is 2.01. The third kappa shape index (κ3) is 3.64. The van der Waals surface area contributed by atoms with Crippen LogP contribution in [-0.4, -0.2) is 17.0 Å². The minimum atomic E-state index is -0.193. The Hall–Kier alpha value is -0.180. The Kier molecular flexibility index (Phi) is 4.78. The van der Waals surface area contributed by atoms with E-state index in [1.54, 1.807) is 11.8 Å². The van der Waals surface area contributed by atoms with E-state index in [1.165, 1.54) is 19.3 Å². The van der Waals surface area contributed by atoms with Gasteiger partial charge in [-0.3, -0.25) is 0 Å². The number of hydrogen-bond donors (Lipinski definition) is 1. The van der Waals surface area contributed by atoms with Gasteiger partial charge in [-0.05, 0) is 36.8 Å². The van der Waals surface area contributed by atoms with Gasteiger partial charge in [-0.15, -0.1) is 11.8 Å². The molecule has 1 aliphatic carbocycles. The zero-order valence-electron chi connectivity index (χ0n) is 10.1. The molecule has 3 unspecified atom stereocenters. The zero-order chi connectivity index (χ0) is 12.3. The van der Waals surface area contributed by atoms with Crippen molar-refractivity contribution in [3.63, 3.8) is 0 Å². The van der Waals surface area contributed by atoms with Gasteiger partial charge in [-0.25, -0.2) is 0 Å². The lowest BCUT2D eigenvalue weighted by Crippen LogP contribution is -2.20. The fourth-order valence-corrected chi connectivity index (χ4v) is 3.78. The molecule has 1 saturated carbocycles. The second-order valence-electron chi connectivity index (χ2n) is 4.99. The van der Waals surface area contributed by atoms with Crippen molar-refractivity contribution >= 4 is 23.4 Å². The highest BCUT2D eigenvalue weighted by molar-refractivity contribution is 7.99. The summed E-state index contributed by atoms with van der Waals surface area (Å²) >= 11 is 7.75. The van der Waals surface area contributed by atoms with E-state index in [-0.39, 0.29) is 6.10 Å². The molecule has 0 spiro atoms. The van der Waals surface area contributed by atoms with Crippen LogP contribution in [0.15, 0.2) is 29.2 Å². The van der Waals surface area contributed by atoms with E-state index in [2.05, 4.69) is 6.92 Å². The number of aliphatic hydroxyl groups excluding tert-OH is 1. The molecule has 1 fully saturated rings. The average molecular weight is 271 g/mol. The summed E-state index contributed by atoms with van der Waals surface area (Å²) in [7, 11) is 0. The summed E-state index contributed by atoms with van der Waals surface area (Å²) in [5.41, 5.74) is 0. The number of halogens is 1. The monoisotopic (exact) mass is 270 g/mol. The molecule has 1 nitrogen and oxygen atoms in total. The minimum Gasteiger partial charge on any atom is -0.392 e. The number of hydrogen-bond acceptors (Lipinski definition) is 2. The first kappa shape index (κ1) is 13.3. The maximum absolute atomic E-state index is 10.2. The van der Waals surface area contributed by atoms with Crippen molar-refractivity contribution in [2.24, 2.45) is 11.8 Å². The van der Waals surface area contributed by atoms with Gasteiger partial charge in [-0.1, -0.05) is 37.1 Å². The molecule has 0 radical (unpaired) electrons. The highest BCUT2D eigenvalue weighted by Crippen LogP contribution is 2.35. The quantitative estimate of drug-likeness (QED) is 0.827. The summed E-state index contributed by atoms with van der Waals surface area (Å²) in [6.45, 7) is 2.27. The first-order chi connectivity index (χ1) is 8.16. The molecule has 3 atom stereocenters. The van der Waals surface area contributed by atoms with Gasteiger partial charge < -0.3 is 5.11 Å². The maximum Gasteiger partial charge on any atom is 0.0662 e. The second-order valence-corrected chi connectivity index (χ2v) is 6.46. The van der Waals surface area contributed by atoms with Crippen molar-refractivity contribution in [3.05, 3.63) is 29.3 Å². The Labute approximate surface area is 113 Å². The molecule has 0 saturated heterocycles. The molecule has 0 heterocycles. The van der Waals surface area contributed by atoms with Crippen molar-refractivity contribution in [3.8, 4) is 0 Å². The molecule has 3 heteroatoms. The molecule has 0 amide bonds. The van der Waals surface area contributed by atoms with Crippen molar-refractivity contribution in [1.29, 1.82) is 0 Å². The van der Waals surface area contributed by atoms with Gasteiger partial charge in [0.05, 0.1) is 11.1 Å². The Morgan fingerprint density at radius 2 is 2.18 bits per heavy atom. The van der Waals surface area contributed by atoms with E-state index < -0.39 is 0 Å². The number of aliphatic hydroxyl groups is 1. The van der Waals surface area contributed by atoms with Crippen LogP contribution in [0, 0.1) is 11.8 Å². The predicted molar refractivity (Wildman–Crippen MR) is 74.7 cm³/mol. The van der Waals surface area contributed by atoms with Crippen molar-refractivity contribution in [2.75, 3.05) is 5.75 Å².